The minimum atomic E-state index is 0.756. The summed E-state index contributed by atoms with van der Waals surface area (Å²) in [5.41, 5.74) is 0. The fourth-order valence-corrected chi connectivity index (χ4v) is 1.93. The number of hydrogen-bond donors (Lipinski definition) is 2. The molecule has 0 spiro atoms. The summed E-state index contributed by atoms with van der Waals surface area (Å²) in [6.07, 6.45) is 2.71. The lowest BCUT2D eigenvalue weighted by Gasteiger charge is -2.23. The Kier molecular flexibility index (Phi) is 4.70. The fourth-order valence-electron chi connectivity index (χ4n) is 1.93. The lowest BCUT2D eigenvalue weighted by Crippen LogP contribution is -2.39. The first-order chi connectivity index (χ1) is 6.25. The topological polar surface area (TPSA) is 27.3 Å². The van der Waals surface area contributed by atoms with Crippen LogP contribution in [0.5, 0.6) is 0 Å². The molecule has 2 atom stereocenters. The van der Waals surface area contributed by atoms with E-state index in [2.05, 4.69) is 29.5 Å². The van der Waals surface area contributed by atoms with Crippen LogP contribution in [0.3, 0.4) is 0 Å². The molecule has 0 amide bonds. The van der Waals surface area contributed by atoms with E-state index < -0.39 is 0 Å². The Morgan fingerprint density at radius 2 is 2.08 bits per heavy atom. The van der Waals surface area contributed by atoms with Gasteiger partial charge >= 0.3 is 0 Å². The van der Waals surface area contributed by atoms with E-state index in [9.17, 15) is 0 Å². The van der Waals surface area contributed by atoms with Crippen molar-refractivity contribution in [2.45, 2.75) is 31.8 Å². The van der Waals surface area contributed by atoms with Crippen LogP contribution in [-0.4, -0.2) is 50.7 Å². The van der Waals surface area contributed by atoms with Crippen molar-refractivity contribution >= 4 is 0 Å². The number of likely N-dealkylation sites (N-methyl/N-ethyl adjacent to an activating group) is 2. The Balaban J connectivity index is 2.08. The Morgan fingerprint density at radius 1 is 1.31 bits per heavy atom. The van der Waals surface area contributed by atoms with Gasteiger partial charge in [-0.3, -0.25) is 4.90 Å². The van der Waals surface area contributed by atoms with Gasteiger partial charge in [-0.05, 0) is 33.9 Å². The Hall–Kier alpha value is -0.120. The smallest absolute Gasteiger partial charge is 0.0220 e. The summed E-state index contributed by atoms with van der Waals surface area (Å²) in [6.45, 7) is 5.59. The number of hydrogen-bond acceptors (Lipinski definition) is 3. The predicted octanol–water partition coefficient (Wildman–Crippen LogP) is 0.278. The van der Waals surface area contributed by atoms with Gasteiger partial charge in [-0.25, -0.2) is 0 Å². The van der Waals surface area contributed by atoms with Crippen LogP contribution in [0.4, 0.5) is 0 Å². The Bertz CT molecular complexity index is 138. The molecule has 2 unspecified atom stereocenters. The van der Waals surface area contributed by atoms with Crippen LogP contribution in [0.1, 0.15) is 19.8 Å². The van der Waals surface area contributed by atoms with Crippen LogP contribution in [0.2, 0.25) is 0 Å². The zero-order valence-electron chi connectivity index (χ0n) is 9.14. The molecule has 1 aliphatic heterocycles. The summed E-state index contributed by atoms with van der Waals surface area (Å²) in [4.78, 5) is 2.49. The van der Waals surface area contributed by atoms with Crippen LogP contribution in [0.15, 0.2) is 0 Å². The summed E-state index contributed by atoms with van der Waals surface area (Å²) < 4.78 is 0. The fraction of sp³-hybridized carbons (Fsp3) is 1.00. The van der Waals surface area contributed by atoms with Gasteiger partial charge in [-0.15, -0.1) is 0 Å². The second-order valence-electron chi connectivity index (χ2n) is 4.05. The molecule has 0 saturated carbocycles. The van der Waals surface area contributed by atoms with E-state index in [1.165, 1.54) is 12.8 Å². The summed E-state index contributed by atoms with van der Waals surface area (Å²) in [5, 5.41) is 6.61. The van der Waals surface area contributed by atoms with Crippen LogP contribution in [0, 0.1) is 0 Å². The molecule has 1 rings (SSSR count). The zero-order chi connectivity index (χ0) is 9.68. The van der Waals surface area contributed by atoms with Gasteiger partial charge in [0.05, 0.1) is 0 Å². The average Bonchev–Trinajstić information content (AvgIpc) is 2.43. The third kappa shape index (κ3) is 3.25. The highest BCUT2D eigenvalue weighted by Gasteiger charge is 2.26. The van der Waals surface area contributed by atoms with E-state index in [-0.39, 0.29) is 0 Å². The number of nitrogens with one attached hydrogen (secondary N) is 2. The van der Waals surface area contributed by atoms with Gasteiger partial charge in [0, 0.05) is 31.7 Å². The monoisotopic (exact) mass is 185 g/mol. The molecule has 2 N–H and O–H groups in total. The second kappa shape index (κ2) is 5.58. The van der Waals surface area contributed by atoms with Crippen molar-refractivity contribution < 1.29 is 0 Å². The molecule has 0 bridgehead atoms. The van der Waals surface area contributed by atoms with Crippen molar-refractivity contribution in [1.29, 1.82) is 0 Å². The molecule has 13 heavy (non-hydrogen) atoms. The SMILES string of the molecule is CNCCNCC1CCC(C)N1C. The highest BCUT2D eigenvalue weighted by atomic mass is 15.2. The highest BCUT2D eigenvalue weighted by Crippen LogP contribution is 2.20. The first kappa shape index (κ1) is 11.0. The zero-order valence-corrected chi connectivity index (χ0v) is 9.14. The van der Waals surface area contributed by atoms with E-state index in [4.69, 9.17) is 0 Å². The van der Waals surface area contributed by atoms with Crippen LogP contribution < -0.4 is 10.6 Å². The highest BCUT2D eigenvalue weighted by molar-refractivity contribution is 4.83. The van der Waals surface area contributed by atoms with Gasteiger partial charge in [-0.1, -0.05) is 0 Å². The van der Waals surface area contributed by atoms with E-state index >= 15 is 0 Å². The maximum absolute atomic E-state index is 3.48. The largest absolute Gasteiger partial charge is 0.318 e. The molecule has 1 heterocycles. The Morgan fingerprint density at radius 3 is 2.62 bits per heavy atom. The van der Waals surface area contributed by atoms with Gasteiger partial charge in [0.1, 0.15) is 0 Å². The van der Waals surface area contributed by atoms with Crippen LogP contribution in [-0.2, 0) is 0 Å². The van der Waals surface area contributed by atoms with Gasteiger partial charge in [0.15, 0.2) is 0 Å². The molecule has 1 aliphatic rings. The predicted molar refractivity (Wildman–Crippen MR) is 57.0 cm³/mol. The van der Waals surface area contributed by atoms with Gasteiger partial charge in [0.2, 0.25) is 0 Å². The van der Waals surface area contributed by atoms with Crippen LogP contribution in [0.25, 0.3) is 0 Å². The third-order valence-corrected chi connectivity index (χ3v) is 3.12. The lowest BCUT2D eigenvalue weighted by atomic mass is 10.2. The molecule has 3 nitrogen and oxygen atoms in total. The summed E-state index contributed by atoms with van der Waals surface area (Å²) >= 11 is 0. The van der Waals surface area contributed by atoms with Crippen molar-refractivity contribution in [3.8, 4) is 0 Å². The average molecular weight is 185 g/mol. The van der Waals surface area contributed by atoms with Crippen LogP contribution >= 0.6 is 0 Å². The van der Waals surface area contributed by atoms with Crippen molar-refractivity contribution in [3.05, 3.63) is 0 Å². The molecule has 0 aliphatic carbocycles. The van der Waals surface area contributed by atoms with E-state index in [1.807, 2.05) is 7.05 Å². The second-order valence-corrected chi connectivity index (χ2v) is 4.05. The molecular formula is C10H23N3. The van der Waals surface area contributed by atoms with E-state index in [0.29, 0.717) is 0 Å². The Labute approximate surface area is 81.9 Å². The molecule has 3 heteroatoms. The number of likely N-dealkylation sites (tertiary alicyclic amines) is 1. The molecule has 0 radical (unpaired) electrons. The van der Waals surface area contributed by atoms with Gasteiger partial charge < -0.3 is 10.6 Å². The summed E-state index contributed by atoms with van der Waals surface area (Å²) in [7, 11) is 4.23. The summed E-state index contributed by atoms with van der Waals surface area (Å²) in [5.74, 6) is 0. The lowest BCUT2D eigenvalue weighted by molar-refractivity contribution is 0.248. The van der Waals surface area contributed by atoms with E-state index in [0.717, 1.165) is 31.7 Å². The maximum Gasteiger partial charge on any atom is 0.0220 e. The first-order valence-corrected chi connectivity index (χ1v) is 5.33. The molecule has 0 aromatic carbocycles. The number of nitrogens with zero attached hydrogens (tertiary/aromatic N) is 1. The molecule has 0 aromatic rings. The minimum absolute atomic E-state index is 0.756. The number of rotatable bonds is 5. The normalized spacial score (nSPS) is 29.8. The molecule has 1 saturated heterocycles. The first-order valence-electron chi connectivity index (χ1n) is 5.33. The van der Waals surface area contributed by atoms with Gasteiger partial charge in [0.25, 0.3) is 0 Å². The molecule has 0 aromatic heterocycles. The van der Waals surface area contributed by atoms with Crippen molar-refractivity contribution in [3.63, 3.8) is 0 Å². The van der Waals surface area contributed by atoms with Gasteiger partial charge in [-0.2, -0.15) is 0 Å². The molecular weight excluding hydrogens is 162 g/mol. The summed E-state index contributed by atoms with van der Waals surface area (Å²) in [6, 6.07) is 1.53. The van der Waals surface area contributed by atoms with Crippen molar-refractivity contribution in [2.24, 2.45) is 0 Å². The van der Waals surface area contributed by atoms with E-state index in [1.54, 1.807) is 0 Å². The van der Waals surface area contributed by atoms with Crippen molar-refractivity contribution in [2.75, 3.05) is 33.7 Å². The minimum Gasteiger partial charge on any atom is -0.318 e. The molecule has 1 fully saturated rings. The maximum atomic E-state index is 3.48. The van der Waals surface area contributed by atoms with Crippen molar-refractivity contribution in [1.82, 2.24) is 15.5 Å². The standard InChI is InChI=1S/C10H23N3/c1-9-4-5-10(13(9)3)8-12-7-6-11-2/h9-12H,4-8H2,1-3H3. The molecule has 78 valence electrons. The quantitative estimate of drug-likeness (QED) is 0.602. The third-order valence-electron chi connectivity index (χ3n) is 3.12.